The van der Waals surface area contributed by atoms with Crippen LogP contribution in [0, 0.1) is 0 Å². The number of ketones is 1. The van der Waals surface area contributed by atoms with E-state index >= 15 is 0 Å². The number of hydrogen-bond donors (Lipinski definition) is 0. The highest BCUT2D eigenvalue weighted by Gasteiger charge is 2.30. The lowest BCUT2D eigenvalue weighted by Gasteiger charge is -2.28. The van der Waals surface area contributed by atoms with Crippen LogP contribution in [0.3, 0.4) is 0 Å². The lowest BCUT2D eigenvalue weighted by atomic mass is 9.74. The van der Waals surface area contributed by atoms with Crippen molar-refractivity contribution in [2.75, 3.05) is 0 Å². The largest absolute Gasteiger partial charge is 0.300 e. The molecule has 2 aromatic rings. The second-order valence-corrected chi connectivity index (χ2v) is 5.37. The van der Waals surface area contributed by atoms with Crippen LogP contribution in [0.2, 0.25) is 0 Å². The van der Waals surface area contributed by atoms with E-state index in [4.69, 9.17) is 0 Å². The first-order valence-corrected chi connectivity index (χ1v) is 6.65. The van der Waals surface area contributed by atoms with Crippen molar-refractivity contribution in [1.29, 1.82) is 0 Å². The van der Waals surface area contributed by atoms with E-state index in [-0.39, 0.29) is 11.2 Å². The molecule has 2 heteroatoms. The zero-order chi connectivity index (χ0) is 12.3. The SMILES string of the molecule is CC(=O)C[C@](C)(c1ccccc1)c1ccsc1. The molecule has 0 fully saturated rings. The average Bonchev–Trinajstić information content (AvgIpc) is 2.83. The Hall–Kier alpha value is -1.41. The van der Waals surface area contributed by atoms with Gasteiger partial charge in [0, 0.05) is 11.8 Å². The fourth-order valence-electron chi connectivity index (χ4n) is 2.25. The predicted octanol–water partition coefficient (Wildman–Crippen LogP) is 4.03. The molecule has 0 spiro atoms. The fraction of sp³-hybridized carbons (Fsp3) is 0.267. The van der Waals surface area contributed by atoms with Crippen molar-refractivity contribution in [3.05, 3.63) is 58.3 Å². The van der Waals surface area contributed by atoms with Gasteiger partial charge in [-0.1, -0.05) is 37.3 Å². The summed E-state index contributed by atoms with van der Waals surface area (Å²) in [6, 6.07) is 12.4. The first-order chi connectivity index (χ1) is 8.13. The number of Topliss-reactive ketones (excluding diaryl/α,β-unsaturated/α-hetero) is 1. The van der Waals surface area contributed by atoms with Crippen LogP contribution in [0.4, 0.5) is 0 Å². The van der Waals surface area contributed by atoms with E-state index in [0.29, 0.717) is 6.42 Å². The van der Waals surface area contributed by atoms with Gasteiger partial charge in [-0.2, -0.15) is 11.3 Å². The number of thiophene rings is 1. The maximum Gasteiger partial charge on any atom is 0.131 e. The first-order valence-electron chi connectivity index (χ1n) is 5.70. The maximum atomic E-state index is 11.5. The van der Waals surface area contributed by atoms with Crippen LogP contribution in [0.15, 0.2) is 47.2 Å². The Morgan fingerprint density at radius 3 is 2.41 bits per heavy atom. The molecule has 88 valence electrons. The molecule has 0 aliphatic rings. The van der Waals surface area contributed by atoms with Crippen molar-refractivity contribution >= 4 is 17.1 Å². The topological polar surface area (TPSA) is 17.1 Å². The van der Waals surface area contributed by atoms with Crippen molar-refractivity contribution in [3.8, 4) is 0 Å². The molecule has 0 N–H and O–H groups in total. The normalized spacial score (nSPS) is 14.2. The van der Waals surface area contributed by atoms with E-state index in [1.165, 1.54) is 11.1 Å². The third-order valence-corrected chi connectivity index (χ3v) is 3.85. The van der Waals surface area contributed by atoms with Gasteiger partial charge < -0.3 is 0 Å². The summed E-state index contributed by atoms with van der Waals surface area (Å²) >= 11 is 1.68. The molecule has 0 amide bonds. The van der Waals surface area contributed by atoms with E-state index < -0.39 is 0 Å². The maximum absolute atomic E-state index is 11.5. The number of rotatable bonds is 4. The van der Waals surface area contributed by atoms with Crippen molar-refractivity contribution < 1.29 is 4.79 Å². The monoisotopic (exact) mass is 244 g/mol. The highest BCUT2D eigenvalue weighted by atomic mass is 32.1. The molecule has 1 heterocycles. The summed E-state index contributed by atoms with van der Waals surface area (Å²) in [6.07, 6.45) is 0.549. The molecule has 0 radical (unpaired) electrons. The van der Waals surface area contributed by atoms with Gasteiger partial charge in [0.05, 0.1) is 0 Å². The van der Waals surface area contributed by atoms with Crippen molar-refractivity contribution in [1.82, 2.24) is 0 Å². The molecule has 0 unspecified atom stereocenters. The minimum atomic E-state index is -0.201. The molecule has 1 nitrogen and oxygen atoms in total. The van der Waals surface area contributed by atoms with Crippen LogP contribution >= 0.6 is 11.3 Å². The van der Waals surface area contributed by atoms with Gasteiger partial charge in [-0.15, -0.1) is 0 Å². The second kappa shape index (κ2) is 4.84. The molecule has 0 aliphatic heterocycles. The predicted molar refractivity (Wildman–Crippen MR) is 72.5 cm³/mol. The van der Waals surface area contributed by atoms with Crippen molar-refractivity contribution in [2.45, 2.75) is 25.7 Å². The smallest absolute Gasteiger partial charge is 0.131 e. The minimum Gasteiger partial charge on any atom is -0.300 e. The number of benzene rings is 1. The van der Waals surface area contributed by atoms with Gasteiger partial charge >= 0.3 is 0 Å². The Balaban J connectivity index is 2.48. The molecule has 1 atom stereocenters. The number of carbonyl (C=O) groups excluding carboxylic acids is 1. The Bertz CT molecular complexity index is 487. The lowest BCUT2D eigenvalue weighted by Crippen LogP contribution is -2.25. The van der Waals surface area contributed by atoms with E-state index in [1.54, 1.807) is 18.3 Å². The second-order valence-electron chi connectivity index (χ2n) is 4.59. The van der Waals surface area contributed by atoms with Gasteiger partial charge in [-0.3, -0.25) is 4.79 Å². The van der Waals surface area contributed by atoms with E-state index in [2.05, 4.69) is 35.9 Å². The summed E-state index contributed by atoms with van der Waals surface area (Å²) in [5.41, 5.74) is 2.23. The third-order valence-electron chi connectivity index (χ3n) is 3.17. The molecule has 0 saturated heterocycles. The summed E-state index contributed by atoms with van der Waals surface area (Å²) in [5.74, 6) is 0.225. The fourth-order valence-corrected chi connectivity index (χ4v) is 3.04. The van der Waals surface area contributed by atoms with Gasteiger partial charge in [0.1, 0.15) is 5.78 Å². The zero-order valence-electron chi connectivity index (χ0n) is 10.1. The van der Waals surface area contributed by atoms with E-state index in [0.717, 1.165) is 0 Å². The molecular formula is C15H16OS. The highest BCUT2D eigenvalue weighted by molar-refractivity contribution is 7.08. The molecule has 1 aromatic carbocycles. The first kappa shape index (κ1) is 12.1. The van der Waals surface area contributed by atoms with Crippen LogP contribution in [0.1, 0.15) is 31.4 Å². The lowest BCUT2D eigenvalue weighted by molar-refractivity contribution is -0.117. The average molecular weight is 244 g/mol. The van der Waals surface area contributed by atoms with Crippen LogP contribution < -0.4 is 0 Å². The van der Waals surface area contributed by atoms with E-state index in [9.17, 15) is 4.79 Å². The molecule has 0 aliphatic carbocycles. The quantitative estimate of drug-likeness (QED) is 0.793. The number of carbonyl (C=O) groups is 1. The summed E-state index contributed by atoms with van der Waals surface area (Å²) in [4.78, 5) is 11.5. The minimum absolute atomic E-state index is 0.201. The summed E-state index contributed by atoms with van der Waals surface area (Å²) in [6.45, 7) is 3.80. The van der Waals surface area contributed by atoms with Crippen LogP contribution in [-0.2, 0) is 10.2 Å². The van der Waals surface area contributed by atoms with Crippen molar-refractivity contribution in [2.24, 2.45) is 0 Å². The number of hydrogen-bond acceptors (Lipinski definition) is 2. The molecule has 17 heavy (non-hydrogen) atoms. The third kappa shape index (κ3) is 2.47. The highest BCUT2D eigenvalue weighted by Crippen LogP contribution is 2.36. The van der Waals surface area contributed by atoms with Crippen LogP contribution in [0.25, 0.3) is 0 Å². The Kier molecular flexibility index (Phi) is 3.43. The van der Waals surface area contributed by atoms with E-state index in [1.807, 2.05) is 18.2 Å². The van der Waals surface area contributed by atoms with Gasteiger partial charge in [-0.25, -0.2) is 0 Å². The summed E-state index contributed by atoms with van der Waals surface area (Å²) in [7, 11) is 0. The van der Waals surface area contributed by atoms with Gasteiger partial charge in [0.25, 0.3) is 0 Å². The summed E-state index contributed by atoms with van der Waals surface area (Å²) in [5, 5.41) is 4.20. The Labute approximate surface area is 106 Å². The molecule has 0 bridgehead atoms. The van der Waals surface area contributed by atoms with Crippen LogP contribution in [-0.4, -0.2) is 5.78 Å². The molecule has 2 rings (SSSR count). The Morgan fingerprint density at radius 2 is 1.88 bits per heavy atom. The zero-order valence-corrected chi connectivity index (χ0v) is 11.0. The Morgan fingerprint density at radius 1 is 1.18 bits per heavy atom. The summed E-state index contributed by atoms with van der Waals surface area (Å²) < 4.78 is 0. The molecule has 0 saturated carbocycles. The van der Waals surface area contributed by atoms with Gasteiger partial charge in [0.15, 0.2) is 0 Å². The standard InChI is InChI=1S/C15H16OS/c1-12(16)10-15(2,14-8-9-17-11-14)13-6-4-3-5-7-13/h3-9,11H,10H2,1-2H3/t15-/m1/s1. The van der Waals surface area contributed by atoms with Crippen molar-refractivity contribution in [3.63, 3.8) is 0 Å². The van der Waals surface area contributed by atoms with Gasteiger partial charge in [-0.05, 0) is 34.9 Å². The molecule has 1 aromatic heterocycles. The van der Waals surface area contributed by atoms with Crippen LogP contribution in [0.5, 0.6) is 0 Å². The van der Waals surface area contributed by atoms with Gasteiger partial charge in [0.2, 0.25) is 0 Å². The molecular weight excluding hydrogens is 228 g/mol.